The van der Waals surface area contributed by atoms with Gasteiger partial charge in [-0.25, -0.2) is 0 Å². The van der Waals surface area contributed by atoms with Crippen LogP contribution in [0.4, 0.5) is 0 Å². The van der Waals surface area contributed by atoms with Gasteiger partial charge in [0.25, 0.3) is 0 Å². The van der Waals surface area contributed by atoms with E-state index >= 15 is 0 Å². The first-order valence-electron chi connectivity index (χ1n) is 8.70. The summed E-state index contributed by atoms with van der Waals surface area (Å²) < 4.78 is 5.64. The molecule has 1 saturated heterocycles. The van der Waals surface area contributed by atoms with Crippen molar-refractivity contribution in [1.29, 1.82) is 0 Å². The molecular weight excluding hydrogens is 234 g/mol. The quantitative estimate of drug-likeness (QED) is 0.516. The van der Waals surface area contributed by atoms with E-state index < -0.39 is 0 Å². The minimum atomic E-state index is 0.407. The lowest BCUT2D eigenvalue weighted by Gasteiger charge is -2.14. The second-order valence-corrected chi connectivity index (χ2v) is 6.24. The summed E-state index contributed by atoms with van der Waals surface area (Å²) in [6.45, 7) is 3.25. The van der Waals surface area contributed by atoms with Crippen molar-refractivity contribution in [2.75, 3.05) is 6.61 Å². The van der Waals surface area contributed by atoms with E-state index in [1.807, 2.05) is 0 Å². The molecule has 0 saturated carbocycles. The topological polar surface area (TPSA) is 35.2 Å². The summed E-state index contributed by atoms with van der Waals surface area (Å²) in [6, 6.07) is 0.407. The molecule has 1 fully saturated rings. The highest BCUT2D eigenvalue weighted by molar-refractivity contribution is 4.69. The Morgan fingerprint density at radius 3 is 2.32 bits per heavy atom. The van der Waals surface area contributed by atoms with Gasteiger partial charge in [0.05, 0.1) is 6.10 Å². The fourth-order valence-electron chi connectivity index (χ4n) is 2.96. The largest absolute Gasteiger partial charge is 0.378 e. The average molecular weight is 269 g/mol. The number of unbranched alkanes of at least 4 members (excludes halogenated alkanes) is 7. The summed E-state index contributed by atoms with van der Waals surface area (Å²) in [5.74, 6) is 0. The summed E-state index contributed by atoms with van der Waals surface area (Å²) in [5.41, 5.74) is 6.18. The fraction of sp³-hybridized carbons (Fsp3) is 1.00. The van der Waals surface area contributed by atoms with Crippen molar-refractivity contribution in [3.8, 4) is 0 Å². The van der Waals surface area contributed by atoms with Crippen LogP contribution in [0.1, 0.15) is 90.4 Å². The standard InChI is InChI=1S/C17H35NO/c1-2-3-4-5-6-7-8-9-11-16(18)13-14-17-12-10-15-19-17/h16-17H,2-15,18H2,1H3. The van der Waals surface area contributed by atoms with E-state index in [0.717, 1.165) is 13.0 Å². The van der Waals surface area contributed by atoms with Gasteiger partial charge < -0.3 is 10.5 Å². The van der Waals surface area contributed by atoms with E-state index in [4.69, 9.17) is 10.5 Å². The van der Waals surface area contributed by atoms with Gasteiger partial charge in [0.15, 0.2) is 0 Å². The first-order chi connectivity index (χ1) is 9.33. The van der Waals surface area contributed by atoms with Crippen molar-refractivity contribution >= 4 is 0 Å². The van der Waals surface area contributed by atoms with Crippen LogP contribution in [0.2, 0.25) is 0 Å². The molecular formula is C17H35NO. The summed E-state index contributed by atoms with van der Waals surface area (Å²) in [6.07, 6.45) is 17.7. The Labute approximate surface area is 120 Å². The van der Waals surface area contributed by atoms with Gasteiger partial charge in [0, 0.05) is 12.6 Å². The van der Waals surface area contributed by atoms with Gasteiger partial charge in [0.1, 0.15) is 0 Å². The SMILES string of the molecule is CCCCCCCCCCC(N)CCC1CCCO1. The van der Waals surface area contributed by atoms with E-state index in [1.54, 1.807) is 0 Å². The minimum Gasteiger partial charge on any atom is -0.378 e. The van der Waals surface area contributed by atoms with E-state index in [0.29, 0.717) is 12.1 Å². The van der Waals surface area contributed by atoms with Gasteiger partial charge in [-0.3, -0.25) is 0 Å². The average Bonchev–Trinajstić information content (AvgIpc) is 2.93. The Hall–Kier alpha value is -0.0800. The Bertz CT molecular complexity index is 190. The van der Waals surface area contributed by atoms with Gasteiger partial charge >= 0.3 is 0 Å². The van der Waals surface area contributed by atoms with E-state index in [1.165, 1.54) is 77.0 Å². The fourth-order valence-corrected chi connectivity index (χ4v) is 2.96. The van der Waals surface area contributed by atoms with E-state index in [9.17, 15) is 0 Å². The molecule has 19 heavy (non-hydrogen) atoms. The number of nitrogens with two attached hydrogens (primary N) is 1. The van der Waals surface area contributed by atoms with Crippen LogP contribution in [0.5, 0.6) is 0 Å². The van der Waals surface area contributed by atoms with Crippen molar-refractivity contribution in [2.24, 2.45) is 5.73 Å². The molecule has 0 aromatic rings. The molecule has 0 radical (unpaired) electrons. The van der Waals surface area contributed by atoms with Crippen LogP contribution in [0.25, 0.3) is 0 Å². The van der Waals surface area contributed by atoms with Crippen LogP contribution in [-0.2, 0) is 4.74 Å². The first-order valence-corrected chi connectivity index (χ1v) is 8.70. The van der Waals surface area contributed by atoms with E-state index in [2.05, 4.69) is 6.92 Å². The summed E-state index contributed by atoms with van der Waals surface area (Å²) in [5, 5.41) is 0. The zero-order chi connectivity index (χ0) is 13.8. The van der Waals surface area contributed by atoms with Crippen molar-refractivity contribution in [3.63, 3.8) is 0 Å². The number of hydrogen-bond acceptors (Lipinski definition) is 2. The molecule has 0 aromatic carbocycles. The predicted octanol–water partition coefficient (Wildman–Crippen LogP) is 4.80. The zero-order valence-corrected chi connectivity index (χ0v) is 13.0. The highest BCUT2D eigenvalue weighted by atomic mass is 16.5. The van der Waals surface area contributed by atoms with Gasteiger partial charge in [-0.1, -0.05) is 58.3 Å². The molecule has 2 atom stereocenters. The number of rotatable bonds is 12. The van der Waals surface area contributed by atoms with Crippen molar-refractivity contribution < 1.29 is 4.74 Å². The lowest BCUT2D eigenvalue weighted by Crippen LogP contribution is -2.22. The lowest BCUT2D eigenvalue weighted by atomic mass is 10.0. The maximum atomic E-state index is 6.18. The van der Waals surface area contributed by atoms with Crippen LogP contribution in [0, 0.1) is 0 Å². The molecule has 0 amide bonds. The molecule has 2 N–H and O–H groups in total. The van der Waals surface area contributed by atoms with Crippen molar-refractivity contribution in [3.05, 3.63) is 0 Å². The van der Waals surface area contributed by atoms with Crippen LogP contribution < -0.4 is 5.73 Å². The lowest BCUT2D eigenvalue weighted by molar-refractivity contribution is 0.100. The maximum Gasteiger partial charge on any atom is 0.0576 e. The first kappa shape index (κ1) is 17.0. The Morgan fingerprint density at radius 2 is 1.68 bits per heavy atom. The molecule has 2 unspecified atom stereocenters. The third-order valence-corrected chi connectivity index (χ3v) is 4.31. The van der Waals surface area contributed by atoms with Crippen LogP contribution in [0.15, 0.2) is 0 Å². The molecule has 0 aliphatic carbocycles. The Morgan fingerprint density at radius 1 is 1.00 bits per heavy atom. The molecule has 2 nitrogen and oxygen atoms in total. The van der Waals surface area contributed by atoms with Gasteiger partial charge in [0.2, 0.25) is 0 Å². The molecule has 1 rings (SSSR count). The molecule has 1 aliphatic heterocycles. The van der Waals surface area contributed by atoms with Crippen LogP contribution >= 0.6 is 0 Å². The molecule has 1 heterocycles. The molecule has 0 bridgehead atoms. The Kier molecular flexibility index (Phi) is 10.5. The summed E-state index contributed by atoms with van der Waals surface area (Å²) in [4.78, 5) is 0. The molecule has 0 spiro atoms. The minimum absolute atomic E-state index is 0.407. The monoisotopic (exact) mass is 269 g/mol. The maximum absolute atomic E-state index is 6.18. The van der Waals surface area contributed by atoms with E-state index in [-0.39, 0.29) is 0 Å². The number of hydrogen-bond donors (Lipinski definition) is 1. The molecule has 114 valence electrons. The third kappa shape index (κ3) is 9.45. The molecule has 2 heteroatoms. The second kappa shape index (κ2) is 11.7. The highest BCUT2D eigenvalue weighted by Gasteiger charge is 2.16. The smallest absolute Gasteiger partial charge is 0.0576 e. The zero-order valence-electron chi connectivity index (χ0n) is 13.0. The second-order valence-electron chi connectivity index (χ2n) is 6.24. The third-order valence-electron chi connectivity index (χ3n) is 4.31. The normalized spacial score (nSPS) is 20.8. The van der Waals surface area contributed by atoms with Gasteiger partial charge in [-0.2, -0.15) is 0 Å². The summed E-state index contributed by atoms with van der Waals surface area (Å²) in [7, 11) is 0. The van der Waals surface area contributed by atoms with Gasteiger partial charge in [-0.15, -0.1) is 0 Å². The van der Waals surface area contributed by atoms with Gasteiger partial charge in [-0.05, 0) is 32.1 Å². The van der Waals surface area contributed by atoms with Crippen LogP contribution in [-0.4, -0.2) is 18.8 Å². The summed E-state index contributed by atoms with van der Waals surface area (Å²) >= 11 is 0. The highest BCUT2D eigenvalue weighted by Crippen LogP contribution is 2.18. The van der Waals surface area contributed by atoms with Crippen molar-refractivity contribution in [1.82, 2.24) is 0 Å². The molecule has 1 aliphatic rings. The number of ether oxygens (including phenoxy) is 1. The molecule has 0 aromatic heterocycles. The van der Waals surface area contributed by atoms with Crippen molar-refractivity contribution in [2.45, 2.75) is 103 Å². The predicted molar refractivity (Wildman–Crippen MR) is 83.4 cm³/mol. The van der Waals surface area contributed by atoms with Crippen LogP contribution in [0.3, 0.4) is 0 Å². The Balaban J connectivity index is 1.80.